The fourth-order valence-electron chi connectivity index (χ4n) is 1.58. The third-order valence-electron chi connectivity index (χ3n) is 2.44. The van der Waals surface area contributed by atoms with Crippen LogP contribution < -0.4 is 5.32 Å². The lowest BCUT2D eigenvalue weighted by Crippen LogP contribution is -2.15. The maximum Gasteiger partial charge on any atom is 0.212 e. The van der Waals surface area contributed by atoms with E-state index in [9.17, 15) is 0 Å². The maximum absolute atomic E-state index is 6.01. The van der Waals surface area contributed by atoms with E-state index in [-0.39, 0.29) is 6.04 Å². The highest BCUT2D eigenvalue weighted by atomic mass is 35.5. The van der Waals surface area contributed by atoms with Gasteiger partial charge in [-0.1, -0.05) is 24.6 Å². The van der Waals surface area contributed by atoms with E-state index in [2.05, 4.69) is 17.2 Å². The molecule has 1 unspecified atom stereocenters. The number of nitrogens with one attached hydrogen (secondary N) is 1. The zero-order valence-electron chi connectivity index (χ0n) is 8.75. The molecule has 0 radical (unpaired) electrons. The van der Waals surface area contributed by atoms with Crippen molar-refractivity contribution in [2.75, 3.05) is 7.05 Å². The predicted octanol–water partition coefficient (Wildman–Crippen LogP) is 3.15. The molecule has 0 amide bonds. The fourth-order valence-corrected chi connectivity index (χ4v) is 1.79. The lowest BCUT2D eigenvalue weighted by molar-refractivity contribution is 0.427. The molecular formula is C11H13ClN2O. The number of benzene rings is 1. The molecule has 0 aliphatic carbocycles. The van der Waals surface area contributed by atoms with Crippen molar-refractivity contribution < 1.29 is 4.42 Å². The maximum atomic E-state index is 6.01. The topological polar surface area (TPSA) is 38.1 Å². The Bertz CT molecular complexity index is 463. The minimum absolute atomic E-state index is 0.147. The summed E-state index contributed by atoms with van der Waals surface area (Å²) in [7, 11) is 1.89. The van der Waals surface area contributed by atoms with E-state index < -0.39 is 0 Å². The van der Waals surface area contributed by atoms with E-state index in [1.165, 1.54) is 0 Å². The van der Waals surface area contributed by atoms with Crippen LogP contribution in [0.5, 0.6) is 0 Å². The molecule has 1 N–H and O–H groups in total. The van der Waals surface area contributed by atoms with Crippen molar-refractivity contribution in [3.8, 4) is 0 Å². The van der Waals surface area contributed by atoms with E-state index in [0.29, 0.717) is 16.5 Å². The van der Waals surface area contributed by atoms with Gasteiger partial charge in [-0.2, -0.15) is 0 Å². The summed E-state index contributed by atoms with van der Waals surface area (Å²) in [5, 5.41) is 3.76. The molecule has 0 saturated carbocycles. The number of aromatic nitrogens is 1. The summed E-state index contributed by atoms with van der Waals surface area (Å²) < 4.78 is 5.64. The van der Waals surface area contributed by atoms with Gasteiger partial charge in [0.05, 0.1) is 11.1 Å². The number of halogens is 1. The van der Waals surface area contributed by atoms with Crippen LogP contribution in [0.4, 0.5) is 0 Å². The fraction of sp³-hybridized carbons (Fsp3) is 0.364. The summed E-state index contributed by atoms with van der Waals surface area (Å²) in [5.41, 5.74) is 1.48. The highest BCUT2D eigenvalue weighted by molar-refractivity contribution is 6.34. The largest absolute Gasteiger partial charge is 0.437 e. The van der Waals surface area contributed by atoms with Gasteiger partial charge < -0.3 is 9.73 Å². The Labute approximate surface area is 93.4 Å². The number of hydrogen-bond donors (Lipinski definition) is 1. The summed E-state index contributed by atoms with van der Waals surface area (Å²) in [4.78, 5) is 4.40. The van der Waals surface area contributed by atoms with Crippen LogP contribution in [0.1, 0.15) is 25.3 Å². The SMILES string of the molecule is CCC(NC)c1nc2cccc(Cl)c2o1. The van der Waals surface area contributed by atoms with Crippen LogP contribution in [0.25, 0.3) is 11.1 Å². The van der Waals surface area contributed by atoms with Gasteiger partial charge in [-0.3, -0.25) is 0 Å². The molecule has 0 bridgehead atoms. The average Bonchev–Trinajstić information content (AvgIpc) is 2.65. The van der Waals surface area contributed by atoms with Gasteiger partial charge in [0.15, 0.2) is 5.58 Å². The minimum atomic E-state index is 0.147. The van der Waals surface area contributed by atoms with Gasteiger partial charge in [0.1, 0.15) is 5.52 Å². The van der Waals surface area contributed by atoms with Crippen molar-refractivity contribution >= 4 is 22.7 Å². The number of hydrogen-bond acceptors (Lipinski definition) is 3. The van der Waals surface area contributed by atoms with E-state index in [1.807, 2.05) is 19.2 Å². The molecule has 0 saturated heterocycles. The Hall–Kier alpha value is -1.06. The van der Waals surface area contributed by atoms with Crippen molar-refractivity contribution in [2.45, 2.75) is 19.4 Å². The van der Waals surface area contributed by atoms with Crippen molar-refractivity contribution in [3.05, 3.63) is 29.1 Å². The lowest BCUT2D eigenvalue weighted by atomic mass is 10.2. The summed E-state index contributed by atoms with van der Waals surface area (Å²) >= 11 is 6.01. The predicted molar refractivity (Wildman–Crippen MR) is 61.1 cm³/mol. The second-order valence-electron chi connectivity index (χ2n) is 3.39. The van der Waals surface area contributed by atoms with Crippen LogP contribution in [0.2, 0.25) is 5.02 Å². The first-order valence-corrected chi connectivity index (χ1v) is 5.36. The second-order valence-corrected chi connectivity index (χ2v) is 3.80. The van der Waals surface area contributed by atoms with E-state index >= 15 is 0 Å². The van der Waals surface area contributed by atoms with E-state index in [1.54, 1.807) is 6.07 Å². The first-order valence-electron chi connectivity index (χ1n) is 4.98. The molecule has 1 heterocycles. The molecule has 4 heteroatoms. The zero-order chi connectivity index (χ0) is 10.8. The molecule has 3 nitrogen and oxygen atoms in total. The molecule has 80 valence electrons. The molecule has 1 aromatic heterocycles. The molecule has 0 spiro atoms. The van der Waals surface area contributed by atoms with E-state index in [4.69, 9.17) is 16.0 Å². The molecule has 1 aromatic carbocycles. The number of para-hydroxylation sites is 1. The Balaban J connectivity index is 2.51. The molecular weight excluding hydrogens is 212 g/mol. The minimum Gasteiger partial charge on any atom is -0.437 e. The smallest absolute Gasteiger partial charge is 0.212 e. The summed E-state index contributed by atoms with van der Waals surface area (Å²) in [6.45, 7) is 2.08. The van der Waals surface area contributed by atoms with Crippen LogP contribution >= 0.6 is 11.6 Å². The molecule has 1 atom stereocenters. The summed E-state index contributed by atoms with van der Waals surface area (Å²) in [5.74, 6) is 0.697. The Morgan fingerprint density at radius 3 is 2.93 bits per heavy atom. The molecule has 0 aliphatic rings. The zero-order valence-corrected chi connectivity index (χ0v) is 9.51. The molecule has 2 aromatic rings. The van der Waals surface area contributed by atoms with Crippen molar-refractivity contribution in [1.82, 2.24) is 10.3 Å². The van der Waals surface area contributed by atoms with Gasteiger partial charge in [-0.25, -0.2) is 4.98 Å². The third-order valence-corrected chi connectivity index (χ3v) is 2.74. The van der Waals surface area contributed by atoms with Crippen LogP contribution in [0.3, 0.4) is 0 Å². The van der Waals surface area contributed by atoms with E-state index in [0.717, 1.165) is 11.9 Å². The lowest BCUT2D eigenvalue weighted by Gasteiger charge is -2.07. The van der Waals surface area contributed by atoms with Crippen LogP contribution in [0.15, 0.2) is 22.6 Å². The first-order chi connectivity index (χ1) is 7.26. The number of nitrogens with zero attached hydrogens (tertiary/aromatic N) is 1. The van der Waals surface area contributed by atoms with Crippen molar-refractivity contribution in [3.63, 3.8) is 0 Å². The standard InChI is InChI=1S/C11H13ClN2O/c1-3-8(13-2)11-14-9-6-4-5-7(12)10(9)15-11/h4-6,8,13H,3H2,1-2H3. The van der Waals surface area contributed by atoms with Crippen LogP contribution in [-0.2, 0) is 0 Å². The van der Waals surface area contributed by atoms with Gasteiger partial charge in [-0.15, -0.1) is 0 Å². The third kappa shape index (κ3) is 1.85. The normalized spacial score (nSPS) is 13.3. The Morgan fingerprint density at radius 2 is 2.33 bits per heavy atom. The van der Waals surface area contributed by atoms with Crippen LogP contribution in [0, 0.1) is 0 Å². The molecule has 0 aliphatic heterocycles. The van der Waals surface area contributed by atoms with Crippen LogP contribution in [-0.4, -0.2) is 12.0 Å². The Morgan fingerprint density at radius 1 is 1.53 bits per heavy atom. The Kier molecular flexibility index (Phi) is 2.93. The second kappa shape index (κ2) is 4.21. The highest BCUT2D eigenvalue weighted by Gasteiger charge is 2.15. The van der Waals surface area contributed by atoms with Gasteiger partial charge in [0, 0.05) is 0 Å². The highest BCUT2D eigenvalue weighted by Crippen LogP contribution is 2.27. The van der Waals surface area contributed by atoms with Crippen molar-refractivity contribution in [2.24, 2.45) is 0 Å². The molecule has 15 heavy (non-hydrogen) atoms. The average molecular weight is 225 g/mol. The monoisotopic (exact) mass is 224 g/mol. The number of fused-ring (bicyclic) bond motifs is 1. The first kappa shape index (κ1) is 10.5. The number of oxazole rings is 1. The van der Waals surface area contributed by atoms with Gasteiger partial charge in [0.2, 0.25) is 5.89 Å². The molecule has 2 rings (SSSR count). The number of rotatable bonds is 3. The quantitative estimate of drug-likeness (QED) is 0.871. The van der Waals surface area contributed by atoms with Crippen molar-refractivity contribution in [1.29, 1.82) is 0 Å². The van der Waals surface area contributed by atoms with Gasteiger partial charge >= 0.3 is 0 Å². The van der Waals surface area contributed by atoms with Gasteiger partial charge in [-0.05, 0) is 25.6 Å². The molecule has 0 fully saturated rings. The van der Waals surface area contributed by atoms with Gasteiger partial charge in [0.25, 0.3) is 0 Å². The summed E-state index contributed by atoms with van der Waals surface area (Å²) in [6, 6.07) is 5.72. The summed E-state index contributed by atoms with van der Waals surface area (Å²) in [6.07, 6.45) is 0.931.